The van der Waals surface area contributed by atoms with Crippen molar-refractivity contribution >= 4 is 5.97 Å². The quantitative estimate of drug-likeness (QED) is 0.753. The highest BCUT2D eigenvalue weighted by molar-refractivity contribution is 5.75. The third-order valence-electron chi connectivity index (χ3n) is 3.82. The van der Waals surface area contributed by atoms with Gasteiger partial charge in [-0.2, -0.15) is 0 Å². The fourth-order valence-corrected chi connectivity index (χ4v) is 2.39. The lowest BCUT2D eigenvalue weighted by molar-refractivity contribution is -0.144. The first-order valence-corrected chi connectivity index (χ1v) is 8.17. The van der Waals surface area contributed by atoms with Crippen molar-refractivity contribution in [3.05, 3.63) is 65.7 Å². The fraction of sp³-hybridized carbons (Fsp3) is 0.350. The summed E-state index contributed by atoms with van der Waals surface area (Å²) in [6, 6.07) is 17.7. The molecule has 0 saturated carbocycles. The number of methoxy groups -OCH3 is 1. The predicted octanol–water partition coefficient (Wildman–Crippen LogP) is 3.55. The number of hydrogen-bond acceptors (Lipinski definition) is 4. The zero-order valence-corrected chi connectivity index (χ0v) is 14.5. The van der Waals surface area contributed by atoms with Crippen LogP contribution in [0.2, 0.25) is 0 Å². The summed E-state index contributed by atoms with van der Waals surface area (Å²) in [6.07, 6.45) is 0. The molecule has 2 aromatic rings. The van der Waals surface area contributed by atoms with E-state index >= 15 is 0 Å². The maximum Gasteiger partial charge on any atom is 0.323 e. The Balaban J connectivity index is 1.86. The lowest BCUT2D eigenvalue weighted by Gasteiger charge is -2.19. The lowest BCUT2D eigenvalue weighted by atomic mass is 10.0. The van der Waals surface area contributed by atoms with E-state index in [9.17, 15) is 4.79 Å². The number of carbonyl (C=O) groups is 1. The van der Waals surface area contributed by atoms with Gasteiger partial charge < -0.3 is 14.8 Å². The highest BCUT2D eigenvalue weighted by Gasteiger charge is 2.21. The van der Waals surface area contributed by atoms with Gasteiger partial charge in [-0.05, 0) is 29.2 Å². The van der Waals surface area contributed by atoms with E-state index in [-0.39, 0.29) is 17.9 Å². The Morgan fingerprint density at radius 3 is 2.25 bits per heavy atom. The van der Waals surface area contributed by atoms with Crippen molar-refractivity contribution in [2.75, 3.05) is 7.11 Å². The van der Waals surface area contributed by atoms with Gasteiger partial charge in [0.1, 0.15) is 18.4 Å². The molecule has 0 saturated heterocycles. The molecule has 24 heavy (non-hydrogen) atoms. The molecule has 0 fully saturated rings. The first-order valence-electron chi connectivity index (χ1n) is 8.17. The van der Waals surface area contributed by atoms with Crippen molar-refractivity contribution in [1.82, 2.24) is 5.32 Å². The van der Waals surface area contributed by atoms with Crippen molar-refractivity contribution in [3.8, 4) is 5.75 Å². The average Bonchev–Trinajstić information content (AvgIpc) is 2.61. The van der Waals surface area contributed by atoms with Crippen LogP contribution in [0.1, 0.15) is 25.0 Å². The van der Waals surface area contributed by atoms with Gasteiger partial charge in [0.15, 0.2) is 0 Å². The van der Waals surface area contributed by atoms with Gasteiger partial charge in [-0.3, -0.25) is 4.79 Å². The SMILES string of the molecule is COC(=O)C(NCc1ccc(OCc2ccccc2)cc1)C(C)C. The van der Waals surface area contributed by atoms with Gasteiger partial charge >= 0.3 is 5.97 Å². The van der Waals surface area contributed by atoms with E-state index in [0.717, 1.165) is 16.9 Å². The zero-order chi connectivity index (χ0) is 17.4. The van der Waals surface area contributed by atoms with Crippen LogP contribution in [0, 0.1) is 5.92 Å². The third kappa shape index (κ3) is 5.39. The van der Waals surface area contributed by atoms with Crippen LogP contribution in [0.25, 0.3) is 0 Å². The molecule has 0 bridgehead atoms. The standard InChI is InChI=1S/C20H25NO3/c1-15(2)19(20(22)23-3)21-13-16-9-11-18(12-10-16)24-14-17-7-5-4-6-8-17/h4-12,15,19,21H,13-14H2,1-3H3. The van der Waals surface area contributed by atoms with Gasteiger partial charge in [-0.15, -0.1) is 0 Å². The number of benzene rings is 2. The number of rotatable bonds is 8. The van der Waals surface area contributed by atoms with Crippen LogP contribution >= 0.6 is 0 Å². The second-order valence-electron chi connectivity index (χ2n) is 6.04. The Morgan fingerprint density at radius 1 is 1.00 bits per heavy atom. The lowest BCUT2D eigenvalue weighted by Crippen LogP contribution is -2.41. The minimum Gasteiger partial charge on any atom is -0.489 e. The van der Waals surface area contributed by atoms with Crippen molar-refractivity contribution in [3.63, 3.8) is 0 Å². The van der Waals surface area contributed by atoms with Crippen LogP contribution in [0.4, 0.5) is 0 Å². The molecule has 0 aliphatic heterocycles. The largest absolute Gasteiger partial charge is 0.489 e. The zero-order valence-electron chi connectivity index (χ0n) is 14.5. The smallest absolute Gasteiger partial charge is 0.323 e. The van der Waals surface area contributed by atoms with Crippen LogP contribution in [0.5, 0.6) is 5.75 Å². The molecule has 0 heterocycles. The topological polar surface area (TPSA) is 47.6 Å². The Morgan fingerprint density at radius 2 is 1.67 bits per heavy atom. The molecule has 0 aliphatic rings. The van der Waals surface area contributed by atoms with Gasteiger partial charge in [0.05, 0.1) is 7.11 Å². The molecule has 2 aromatic carbocycles. The summed E-state index contributed by atoms with van der Waals surface area (Å²) in [6.45, 7) is 5.15. The molecule has 128 valence electrons. The number of nitrogens with one attached hydrogen (secondary N) is 1. The Hall–Kier alpha value is -2.33. The minimum absolute atomic E-state index is 0.172. The van der Waals surface area contributed by atoms with E-state index in [2.05, 4.69) is 5.32 Å². The van der Waals surface area contributed by atoms with Crippen LogP contribution in [0.3, 0.4) is 0 Å². The van der Waals surface area contributed by atoms with Gasteiger partial charge in [0.25, 0.3) is 0 Å². The summed E-state index contributed by atoms with van der Waals surface area (Å²) in [5.74, 6) is 0.773. The maximum atomic E-state index is 11.7. The summed E-state index contributed by atoms with van der Waals surface area (Å²) in [4.78, 5) is 11.7. The second-order valence-corrected chi connectivity index (χ2v) is 6.04. The van der Waals surface area contributed by atoms with E-state index in [1.807, 2.05) is 68.4 Å². The van der Waals surface area contributed by atoms with E-state index in [4.69, 9.17) is 9.47 Å². The first kappa shape index (κ1) is 18.0. The highest BCUT2D eigenvalue weighted by Crippen LogP contribution is 2.15. The highest BCUT2D eigenvalue weighted by atomic mass is 16.5. The monoisotopic (exact) mass is 327 g/mol. The summed E-state index contributed by atoms with van der Waals surface area (Å²) >= 11 is 0. The summed E-state index contributed by atoms with van der Waals surface area (Å²) < 4.78 is 10.6. The van der Waals surface area contributed by atoms with Gasteiger partial charge in [-0.1, -0.05) is 56.3 Å². The third-order valence-corrected chi connectivity index (χ3v) is 3.82. The van der Waals surface area contributed by atoms with Crippen molar-refractivity contribution in [1.29, 1.82) is 0 Å². The summed E-state index contributed by atoms with van der Waals surface area (Å²) in [5, 5.41) is 3.25. The summed E-state index contributed by atoms with van der Waals surface area (Å²) in [5.41, 5.74) is 2.23. The first-order chi connectivity index (χ1) is 11.6. The average molecular weight is 327 g/mol. The molecular formula is C20H25NO3. The van der Waals surface area contributed by atoms with Crippen molar-refractivity contribution in [2.45, 2.75) is 33.0 Å². The molecule has 0 radical (unpaired) electrons. The van der Waals surface area contributed by atoms with E-state index in [0.29, 0.717) is 13.2 Å². The molecule has 0 spiro atoms. The maximum absolute atomic E-state index is 11.7. The molecule has 2 rings (SSSR count). The molecule has 1 N–H and O–H groups in total. The molecule has 1 atom stereocenters. The van der Waals surface area contributed by atoms with Gasteiger partial charge in [0.2, 0.25) is 0 Å². The normalized spacial score (nSPS) is 12.0. The van der Waals surface area contributed by atoms with Crippen molar-refractivity contribution in [2.24, 2.45) is 5.92 Å². The Bertz CT molecular complexity index is 623. The number of carbonyl (C=O) groups excluding carboxylic acids is 1. The Labute approximate surface area is 143 Å². The molecule has 4 heteroatoms. The fourth-order valence-electron chi connectivity index (χ4n) is 2.39. The van der Waals surface area contributed by atoms with Crippen LogP contribution in [-0.2, 0) is 22.7 Å². The number of esters is 1. The van der Waals surface area contributed by atoms with Gasteiger partial charge in [0, 0.05) is 6.54 Å². The van der Waals surface area contributed by atoms with Crippen LogP contribution in [-0.4, -0.2) is 19.1 Å². The van der Waals surface area contributed by atoms with Crippen LogP contribution < -0.4 is 10.1 Å². The molecule has 1 unspecified atom stereocenters. The minimum atomic E-state index is -0.302. The van der Waals surface area contributed by atoms with E-state index in [1.165, 1.54) is 7.11 Å². The predicted molar refractivity (Wildman–Crippen MR) is 94.7 cm³/mol. The van der Waals surface area contributed by atoms with E-state index < -0.39 is 0 Å². The molecular weight excluding hydrogens is 302 g/mol. The molecule has 0 aromatic heterocycles. The second kappa shape index (κ2) is 9.08. The van der Waals surface area contributed by atoms with E-state index in [1.54, 1.807) is 0 Å². The molecule has 0 amide bonds. The number of hydrogen-bond donors (Lipinski definition) is 1. The molecule has 0 aliphatic carbocycles. The number of ether oxygens (including phenoxy) is 2. The van der Waals surface area contributed by atoms with Crippen molar-refractivity contribution < 1.29 is 14.3 Å². The van der Waals surface area contributed by atoms with Gasteiger partial charge in [-0.25, -0.2) is 0 Å². The Kier molecular flexibility index (Phi) is 6.82. The molecule has 4 nitrogen and oxygen atoms in total. The van der Waals surface area contributed by atoms with Crippen LogP contribution in [0.15, 0.2) is 54.6 Å². The summed E-state index contributed by atoms with van der Waals surface area (Å²) in [7, 11) is 1.41.